The van der Waals surface area contributed by atoms with Gasteiger partial charge in [-0.1, -0.05) is 6.07 Å². The summed E-state index contributed by atoms with van der Waals surface area (Å²) in [6.07, 6.45) is -0.667. The number of carbonyl (C=O) groups is 2. The molecule has 114 valence electrons. The molecule has 0 spiro atoms. The lowest BCUT2D eigenvalue weighted by Crippen LogP contribution is -2.40. The monoisotopic (exact) mass is 297 g/mol. The number of anilines is 1. The van der Waals surface area contributed by atoms with E-state index in [0.717, 1.165) is 6.07 Å². The maximum atomic E-state index is 11.6. The second kappa shape index (κ2) is 7.92. The van der Waals surface area contributed by atoms with Crippen molar-refractivity contribution in [3.05, 3.63) is 34.4 Å². The molecular weight excluding hydrogens is 282 g/mol. The molecular formula is C12H15N3O6. The third-order valence-corrected chi connectivity index (χ3v) is 2.48. The Balaban J connectivity index is 2.58. The van der Waals surface area contributed by atoms with Gasteiger partial charge in [0.15, 0.2) is 6.29 Å². The van der Waals surface area contributed by atoms with Gasteiger partial charge >= 0.3 is 11.8 Å². The van der Waals surface area contributed by atoms with E-state index in [4.69, 9.17) is 9.47 Å². The number of rotatable bonds is 6. The van der Waals surface area contributed by atoms with Gasteiger partial charge in [-0.3, -0.25) is 19.7 Å². The van der Waals surface area contributed by atoms with Crippen LogP contribution in [0.3, 0.4) is 0 Å². The first-order chi connectivity index (χ1) is 9.97. The predicted molar refractivity (Wildman–Crippen MR) is 72.5 cm³/mol. The molecule has 0 saturated carbocycles. The number of nitrogens with one attached hydrogen (secondary N) is 2. The highest BCUT2D eigenvalue weighted by Crippen LogP contribution is 2.16. The Morgan fingerprint density at radius 2 is 1.95 bits per heavy atom. The summed E-state index contributed by atoms with van der Waals surface area (Å²) in [6, 6.07) is 5.26. The van der Waals surface area contributed by atoms with Gasteiger partial charge in [-0.2, -0.15) is 0 Å². The largest absolute Gasteiger partial charge is 0.354 e. The van der Waals surface area contributed by atoms with Crippen molar-refractivity contribution in [2.75, 3.05) is 26.1 Å². The molecule has 1 aromatic rings. The van der Waals surface area contributed by atoms with E-state index in [2.05, 4.69) is 10.6 Å². The molecule has 0 saturated heterocycles. The van der Waals surface area contributed by atoms with Gasteiger partial charge in [-0.25, -0.2) is 0 Å². The number of ether oxygens (including phenoxy) is 2. The number of non-ortho nitro benzene ring substituents is 1. The van der Waals surface area contributed by atoms with Crippen LogP contribution in [-0.2, 0) is 19.1 Å². The molecule has 9 nitrogen and oxygen atoms in total. The van der Waals surface area contributed by atoms with E-state index in [0.29, 0.717) is 0 Å². The third-order valence-electron chi connectivity index (χ3n) is 2.48. The van der Waals surface area contributed by atoms with Crippen molar-refractivity contribution in [2.24, 2.45) is 0 Å². The fourth-order valence-electron chi connectivity index (χ4n) is 1.40. The van der Waals surface area contributed by atoms with Crippen LogP contribution in [0.15, 0.2) is 24.3 Å². The first-order valence-corrected chi connectivity index (χ1v) is 5.87. The highest BCUT2D eigenvalue weighted by atomic mass is 16.7. The minimum absolute atomic E-state index is 0.00576. The Morgan fingerprint density at radius 1 is 1.29 bits per heavy atom. The molecule has 0 radical (unpaired) electrons. The summed E-state index contributed by atoms with van der Waals surface area (Å²) >= 11 is 0. The molecule has 21 heavy (non-hydrogen) atoms. The van der Waals surface area contributed by atoms with E-state index in [9.17, 15) is 19.7 Å². The van der Waals surface area contributed by atoms with Crippen LogP contribution in [-0.4, -0.2) is 43.8 Å². The summed E-state index contributed by atoms with van der Waals surface area (Å²) in [5, 5.41) is 15.2. The van der Waals surface area contributed by atoms with E-state index in [1.54, 1.807) is 0 Å². The molecule has 0 aromatic heterocycles. The maximum absolute atomic E-state index is 11.6. The van der Waals surface area contributed by atoms with Crippen LogP contribution in [0, 0.1) is 10.1 Å². The average Bonchev–Trinajstić information content (AvgIpc) is 2.48. The van der Waals surface area contributed by atoms with Crippen LogP contribution in [0.2, 0.25) is 0 Å². The predicted octanol–water partition coefficient (Wildman–Crippen LogP) is 0.268. The molecule has 0 unspecified atom stereocenters. The molecule has 0 heterocycles. The number of hydrogen-bond acceptors (Lipinski definition) is 6. The molecule has 9 heteroatoms. The van der Waals surface area contributed by atoms with E-state index in [1.165, 1.54) is 32.4 Å². The smallest absolute Gasteiger partial charge is 0.313 e. The van der Waals surface area contributed by atoms with E-state index in [1.807, 2.05) is 0 Å². The van der Waals surface area contributed by atoms with Crippen molar-refractivity contribution < 1.29 is 24.0 Å². The summed E-state index contributed by atoms with van der Waals surface area (Å²) in [5.41, 5.74) is -0.0357. The summed E-state index contributed by atoms with van der Waals surface area (Å²) in [5.74, 6) is -1.85. The number of nitrogens with zero attached hydrogens (tertiary/aromatic N) is 1. The van der Waals surface area contributed by atoms with Gasteiger partial charge in [0.25, 0.3) is 5.69 Å². The second-order valence-electron chi connectivity index (χ2n) is 3.87. The molecule has 0 atom stereocenters. The first kappa shape index (κ1) is 16.5. The summed E-state index contributed by atoms with van der Waals surface area (Å²) in [7, 11) is 2.78. The van der Waals surface area contributed by atoms with Crippen LogP contribution >= 0.6 is 0 Å². The van der Waals surface area contributed by atoms with E-state index in [-0.39, 0.29) is 17.9 Å². The van der Waals surface area contributed by atoms with Gasteiger partial charge < -0.3 is 20.1 Å². The van der Waals surface area contributed by atoms with Gasteiger partial charge in [-0.15, -0.1) is 0 Å². The number of amides is 2. The SMILES string of the molecule is COC(CNC(=O)C(=O)Nc1cccc([N+](=O)[O-])c1)OC. The van der Waals surface area contributed by atoms with Crippen LogP contribution in [0.25, 0.3) is 0 Å². The molecule has 0 aliphatic rings. The van der Waals surface area contributed by atoms with Crippen molar-refractivity contribution in [3.8, 4) is 0 Å². The topological polar surface area (TPSA) is 120 Å². The quantitative estimate of drug-likeness (QED) is 0.336. The zero-order valence-corrected chi connectivity index (χ0v) is 11.5. The fraction of sp³-hybridized carbons (Fsp3) is 0.333. The number of carbonyl (C=O) groups excluding carboxylic acids is 2. The van der Waals surface area contributed by atoms with Crippen molar-refractivity contribution in [1.82, 2.24) is 5.32 Å². The molecule has 2 N–H and O–H groups in total. The highest BCUT2D eigenvalue weighted by molar-refractivity contribution is 6.39. The van der Waals surface area contributed by atoms with Gasteiger partial charge in [0.1, 0.15) is 0 Å². The number of hydrogen-bond donors (Lipinski definition) is 2. The first-order valence-electron chi connectivity index (χ1n) is 5.87. The molecule has 0 aliphatic heterocycles. The average molecular weight is 297 g/mol. The molecule has 0 bridgehead atoms. The lowest BCUT2D eigenvalue weighted by atomic mass is 10.3. The van der Waals surface area contributed by atoms with Gasteiger partial charge in [0, 0.05) is 32.0 Å². The van der Waals surface area contributed by atoms with Crippen molar-refractivity contribution in [2.45, 2.75) is 6.29 Å². The lowest BCUT2D eigenvalue weighted by Gasteiger charge is -2.13. The summed E-state index contributed by atoms with van der Waals surface area (Å²) < 4.78 is 9.69. The van der Waals surface area contributed by atoms with Crippen LogP contribution < -0.4 is 10.6 Å². The highest BCUT2D eigenvalue weighted by Gasteiger charge is 2.16. The standard InChI is InChI=1S/C12H15N3O6/c1-20-10(21-2)7-13-11(16)12(17)14-8-4-3-5-9(6-8)15(18)19/h3-6,10H,7H2,1-2H3,(H,13,16)(H,14,17). The minimum Gasteiger partial charge on any atom is -0.354 e. The maximum Gasteiger partial charge on any atom is 0.313 e. The Morgan fingerprint density at radius 3 is 2.52 bits per heavy atom. The molecule has 2 amide bonds. The summed E-state index contributed by atoms with van der Waals surface area (Å²) in [6.45, 7) is -0.00576. The number of nitro groups is 1. The van der Waals surface area contributed by atoms with E-state index >= 15 is 0 Å². The number of methoxy groups -OCH3 is 2. The van der Waals surface area contributed by atoms with Crippen molar-refractivity contribution >= 4 is 23.2 Å². The second-order valence-corrected chi connectivity index (χ2v) is 3.87. The lowest BCUT2D eigenvalue weighted by molar-refractivity contribution is -0.384. The molecule has 1 aromatic carbocycles. The zero-order chi connectivity index (χ0) is 15.8. The van der Waals surface area contributed by atoms with Gasteiger partial charge in [-0.05, 0) is 6.07 Å². The molecule has 0 fully saturated rings. The van der Waals surface area contributed by atoms with Crippen LogP contribution in [0.1, 0.15) is 0 Å². The van der Waals surface area contributed by atoms with Crippen molar-refractivity contribution in [3.63, 3.8) is 0 Å². The Kier molecular flexibility index (Phi) is 6.24. The zero-order valence-electron chi connectivity index (χ0n) is 11.5. The summed E-state index contributed by atoms with van der Waals surface area (Å²) in [4.78, 5) is 33.1. The van der Waals surface area contributed by atoms with Crippen LogP contribution in [0.5, 0.6) is 0 Å². The van der Waals surface area contributed by atoms with Gasteiger partial charge in [0.05, 0.1) is 11.5 Å². The Hall–Kier alpha value is -2.52. The number of benzene rings is 1. The fourth-order valence-corrected chi connectivity index (χ4v) is 1.40. The van der Waals surface area contributed by atoms with Crippen molar-refractivity contribution in [1.29, 1.82) is 0 Å². The number of nitro benzene ring substituents is 1. The van der Waals surface area contributed by atoms with E-state index < -0.39 is 23.0 Å². The third kappa shape index (κ3) is 5.16. The minimum atomic E-state index is -0.943. The Labute approximate surface area is 120 Å². The molecule has 1 rings (SSSR count). The van der Waals surface area contributed by atoms with Crippen LogP contribution in [0.4, 0.5) is 11.4 Å². The molecule has 0 aliphatic carbocycles. The van der Waals surface area contributed by atoms with Gasteiger partial charge in [0.2, 0.25) is 0 Å². The normalized spacial score (nSPS) is 10.2. The Bertz CT molecular complexity index is 529.